The van der Waals surface area contributed by atoms with Crippen LogP contribution in [0.15, 0.2) is 0 Å². The Morgan fingerprint density at radius 3 is 1.40 bits per heavy atom. The number of esters is 2. The third-order valence-corrected chi connectivity index (χ3v) is 4.27. The quantitative estimate of drug-likeness (QED) is 0.281. The SMILES string of the molecule is [B]C(C)(C)C(=O)OCCSSCCOC(=O)C([B])(C)C. The van der Waals surface area contributed by atoms with Crippen molar-refractivity contribution in [3.63, 3.8) is 0 Å². The first kappa shape index (κ1) is 19.8. The fourth-order valence-electron chi connectivity index (χ4n) is 0.827. The number of ether oxygens (including phenoxy) is 2. The average molecular weight is 314 g/mol. The van der Waals surface area contributed by atoms with Crippen molar-refractivity contribution < 1.29 is 19.1 Å². The van der Waals surface area contributed by atoms with Crippen molar-refractivity contribution in [2.24, 2.45) is 0 Å². The van der Waals surface area contributed by atoms with E-state index in [9.17, 15) is 9.59 Å². The van der Waals surface area contributed by atoms with Gasteiger partial charge in [-0.05, 0) is 0 Å². The van der Waals surface area contributed by atoms with Crippen LogP contribution in [0.25, 0.3) is 0 Å². The molecule has 0 unspecified atom stereocenters. The van der Waals surface area contributed by atoms with Crippen LogP contribution in [0.3, 0.4) is 0 Å². The summed E-state index contributed by atoms with van der Waals surface area (Å²) in [4.78, 5) is 22.7. The van der Waals surface area contributed by atoms with Gasteiger partial charge >= 0.3 is 11.9 Å². The summed E-state index contributed by atoms with van der Waals surface area (Å²) in [5.74, 6) is 0.482. The minimum absolute atomic E-state index is 0.312. The highest BCUT2D eigenvalue weighted by molar-refractivity contribution is 8.76. The van der Waals surface area contributed by atoms with Gasteiger partial charge in [-0.15, -0.1) is 0 Å². The van der Waals surface area contributed by atoms with Crippen molar-refractivity contribution in [2.75, 3.05) is 24.7 Å². The van der Waals surface area contributed by atoms with Crippen molar-refractivity contribution in [1.82, 2.24) is 0 Å². The van der Waals surface area contributed by atoms with Crippen LogP contribution >= 0.6 is 21.6 Å². The molecule has 0 aliphatic heterocycles. The lowest BCUT2D eigenvalue weighted by Crippen LogP contribution is -2.21. The number of carbonyl (C=O) groups excluding carboxylic acids is 2. The van der Waals surface area contributed by atoms with Gasteiger partial charge in [0, 0.05) is 22.1 Å². The monoisotopic (exact) mass is 314 g/mol. The largest absolute Gasteiger partial charge is 0.465 e. The number of hydrogen-bond donors (Lipinski definition) is 0. The van der Waals surface area contributed by atoms with E-state index in [2.05, 4.69) is 0 Å². The first-order chi connectivity index (χ1) is 9.05. The van der Waals surface area contributed by atoms with Gasteiger partial charge in [-0.1, -0.05) is 49.3 Å². The van der Waals surface area contributed by atoms with Gasteiger partial charge in [0.05, 0.1) is 15.7 Å². The summed E-state index contributed by atoms with van der Waals surface area (Å²) in [6, 6.07) is 0. The molecule has 0 amide bonds. The fourth-order valence-corrected chi connectivity index (χ4v) is 2.48. The smallest absolute Gasteiger partial charge is 0.302 e. The molecule has 8 heteroatoms. The van der Waals surface area contributed by atoms with E-state index in [1.165, 1.54) is 0 Å². The van der Waals surface area contributed by atoms with Crippen molar-refractivity contribution in [1.29, 1.82) is 0 Å². The van der Waals surface area contributed by atoms with Crippen molar-refractivity contribution in [2.45, 2.75) is 38.3 Å². The van der Waals surface area contributed by atoms with Crippen LogP contribution in [0, 0.1) is 0 Å². The summed E-state index contributed by atoms with van der Waals surface area (Å²) in [5.41, 5.74) is 0. The Bertz CT molecular complexity index is 292. The van der Waals surface area contributed by atoms with Crippen LogP contribution < -0.4 is 0 Å². The van der Waals surface area contributed by atoms with Crippen molar-refractivity contribution in [3.8, 4) is 0 Å². The predicted molar refractivity (Wildman–Crippen MR) is 86.4 cm³/mol. The predicted octanol–water partition coefficient (Wildman–Crippen LogP) is 2.19. The van der Waals surface area contributed by atoms with Gasteiger partial charge in [-0.3, -0.25) is 9.59 Å². The molecule has 0 rings (SSSR count). The minimum atomic E-state index is -0.957. The standard InChI is InChI=1S/C12H20B2O4S2/c1-11(2,13)9(15)17-5-7-19-20-8-6-18-10(16)12(3,4)14/h5-8H2,1-4H3. The van der Waals surface area contributed by atoms with E-state index in [-0.39, 0.29) is 0 Å². The lowest BCUT2D eigenvalue weighted by Gasteiger charge is -2.17. The molecule has 0 aliphatic rings. The summed E-state index contributed by atoms with van der Waals surface area (Å²) in [7, 11) is 14.2. The first-order valence-electron chi connectivity index (χ1n) is 6.22. The van der Waals surface area contributed by atoms with E-state index in [1.54, 1.807) is 49.3 Å². The first-order valence-corrected chi connectivity index (χ1v) is 8.70. The Morgan fingerprint density at radius 2 is 1.15 bits per heavy atom. The summed E-state index contributed by atoms with van der Waals surface area (Å²) < 4.78 is 9.99. The molecule has 110 valence electrons. The second kappa shape index (κ2) is 8.92. The van der Waals surface area contributed by atoms with Crippen LogP contribution in [-0.2, 0) is 19.1 Å². The molecule has 0 spiro atoms. The highest BCUT2D eigenvalue weighted by Gasteiger charge is 2.22. The molecule has 0 saturated carbocycles. The Labute approximate surface area is 131 Å². The molecule has 0 heterocycles. The maximum absolute atomic E-state index is 11.3. The normalized spacial score (nSPS) is 12.0. The topological polar surface area (TPSA) is 52.6 Å². The maximum atomic E-state index is 11.3. The lowest BCUT2D eigenvalue weighted by atomic mass is 9.73. The van der Waals surface area contributed by atoms with Crippen LogP contribution in [0.5, 0.6) is 0 Å². The van der Waals surface area contributed by atoms with Gasteiger partial charge in [0.25, 0.3) is 0 Å². The number of rotatable bonds is 9. The zero-order chi connectivity index (χ0) is 15.8. The molecule has 4 radical (unpaired) electrons. The zero-order valence-electron chi connectivity index (χ0n) is 12.4. The van der Waals surface area contributed by atoms with E-state index in [4.69, 9.17) is 25.2 Å². The Hall–Kier alpha value is -0.230. The van der Waals surface area contributed by atoms with Crippen LogP contribution in [0.4, 0.5) is 0 Å². The van der Waals surface area contributed by atoms with Gasteiger partial charge in [0.15, 0.2) is 0 Å². The van der Waals surface area contributed by atoms with E-state index >= 15 is 0 Å². The zero-order valence-corrected chi connectivity index (χ0v) is 14.1. The van der Waals surface area contributed by atoms with Gasteiger partial charge in [0.1, 0.15) is 13.2 Å². The van der Waals surface area contributed by atoms with Crippen LogP contribution in [0.2, 0.25) is 10.6 Å². The van der Waals surface area contributed by atoms with E-state index < -0.39 is 22.6 Å². The van der Waals surface area contributed by atoms with Gasteiger partial charge in [-0.25, -0.2) is 0 Å². The molecular formula is C12H20B2O4S2. The molecule has 0 aromatic heterocycles. The van der Waals surface area contributed by atoms with Gasteiger partial charge in [0.2, 0.25) is 0 Å². The van der Waals surface area contributed by atoms with E-state index in [0.717, 1.165) is 0 Å². The third kappa shape index (κ3) is 9.64. The Balaban J connectivity index is 3.47. The molecule has 0 aliphatic carbocycles. The molecular weight excluding hydrogens is 294 g/mol. The molecule has 4 nitrogen and oxygen atoms in total. The molecule has 0 bridgehead atoms. The minimum Gasteiger partial charge on any atom is -0.465 e. The second-order valence-corrected chi connectivity index (χ2v) is 8.06. The highest BCUT2D eigenvalue weighted by atomic mass is 33.1. The average Bonchev–Trinajstić information content (AvgIpc) is 2.29. The second-order valence-electron chi connectivity index (χ2n) is 5.36. The van der Waals surface area contributed by atoms with E-state index in [0.29, 0.717) is 24.7 Å². The molecule has 0 fully saturated rings. The fraction of sp³-hybridized carbons (Fsp3) is 0.833. The van der Waals surface area contributed by atoms with Gasteiger partial charge < -0.3 is 9.47 Å². The third-order valence-electron chi connectivity index (χ3n) is 1.94. The molecule has 0 atom stereocenters. The van der Waals surface area contributed by atoms with E-state index in [1.807, 2.05) is 0 Å². The number of hydrogen-bond acceptors (Lipinski definition) is 6. The van der Waals surface area contributed by atoms with Crippen molar-refractivity contribution >= 4 is 49.2 Å². The summed E-state index contributed by atoms with van der Waals surface area (Å²) in [5, 5.41) is -1.91. The van der Waals surface area contributed by atoms with Crippen LogP contribution in [0.1, 0.15) is 27.7 Å². The van der Waals surface area contributed by atoms with Gasteiger partial charge in [-0.2, -0.15) is 0 Å². The number of carbonyl (C=O) groups is 2. The maximum Gasteiger partial charge on any atom is 0.302 e. The Morgan fingerprint density at radius 1 is 0.850 bits per heavy atom. The molecule has 0 aromatic carbocycles. The highest BCUT2D eigenvalue weighted by Crippen LogP contribution is 2.24. The Kier molecular flexibility index (Phi) is 8.82. The molecule has 0 aromatic rings. The molecule has 0 N–H and O–H groups in total. The molecule has 20 heavy (non-hydrogen) atoms. The lowest BCUT2D eigenvalue weighted by molar-refractivity contribution is -0.146. The summed E-state index contributed by atoms with van der Waals surface area (Å²) in [6.07, 6.45) is 0. The van der Waals surface area contributed by atoms with Crippen LogP contribution in [-0.4, -0.2) is 52.4 Å². The van der Waals surface area contributed by atoms with Crippen molar-refractivity contribution in [3.05, 3.63) is 0 Å². The molecule has 0 saturated heterocycles. The summed E-state index contributed by atoms with van der Waals surface area (Å²) >= 11 is 0. The summed E-state index contributed by atoms with van der Waals surface area (Å²) in [6.45, 7) is 7.03.